The van der Waals surface area contributed by atoms with Gasteiger partial charge in [0.1, 0.15) is 0 Å². The van der Waals surface area contributed by atoms with Crippen molar-refractivity contribution in [3.63, 3.8) is 0 Å². The molecule has 0 amide bonds. The van der Waals surface area contributed by atoms with Crippen LogP contribution < -0.4 is 0 Å². The van der Waals surface area contributed by atoms with Gasteiger partial charge in [-0.05, 0) is 17.7 Å². The molecule has 0 bridgehead atoms. The molecular weight excluding hydrogens is 192 g/mol. The minimum Gasteiger partial charge on any atom is -0.504 e. The summed E-state index contributed by atoms with van der Waals surface area (Å²) in [5.41, 5.74) is 0.456. The predicted octanol–water partition coefficient (Wildman–Crippen LogP) is 0.642. The van der Waals surface area contributed by atoms with Crippen molar-refractivity contribution in [2.24, 2.45) is 0 Å². The first-order valence-corrected chi connectivity index (χ1v) is 5.63. The van der Waals surface area contributed by atoms with Crippen LogP contribution in [0, 0.1) is 0 Å². The zero-order chi connectivity index (χ0) is 10.1. The monoisotopic (exact) mass is 202 g/mol. The molecule has 0 unspecified atom stereocenters. The Balaban J connectivity index is 2.99. The van der Waals surface area contributed by atoms with Gasteiger partial charge in [0.2, 0.25) is 0 Å². The molecule has 72 valence electrons. The first-order valence-electron chi connectivity index (χ1n) is 3.57. The van der Waals surface area contributed by atoms with Crippen LogP contribution in [0.3, 0.4) is 0 Å². The van der Waals surface area contributed by atoms with Crippen LogP contribution in [0.2, 0.25) is 0 Å². The van der Waals surface area contributed by atoms with Gasteiger partial charge in [-0.25, -0.2) is 8.42 Å². The van der Waals surface area contributed by atoms with E-state index in [0.29, 0.717) is 5.56 Å². The van der Waals surface area contributed by atoms with Crippen LogP contribution in [-0.2, 0) is 15.6 Å². The van der Waals surface area contributed by atoms with E-state index in [0.717, 1.165) is 6.26 Å². The minimum absolute atomic E-state index is 0.138. The minimum atomic E-state index is -3.10. The van der Waals surface area contributed by atoms with Crippen molar-refractivity contribution in [3.8, 4) is 11.5 Å². The maximum absolute atomic E-state index is 10.9. The van der Waals surface area contributed by atoms with Crippen LogP contribution in [0.15, 0.2) is 18.2 Å². The summed E-state index contributed by atoms with van der Waals surface area (Å²) >= 11 is 0. The first kappa shape index (κ1) is 9.85. The molecule has 0 saturated carbocycles. The summed E-state index contributed by atoms with van der Waals surface area (Å²) in [5.74, 6) is -0.695. The highest BCUT2D eigenvalue weighted by Crippen LogP contribution is 2.25. The smallest absolute Gasteiger partial charge is 0.157 e. The van der Waals surface area contributed by atoms with Crippen LogP contribution in [0.4, 0.5) is 0 Å². The second-order valence-electron chi connectivity index (χ2n) is 2.89. The summed E-state index contributed by atoms with van der Waals surface area (Å²) in [5, 5.41) is 18.0. The van der Waals surface area contributed by atoms with Crippen molar-refractivity contribution in [1.29, 1.82) is 0 Å². The van der Waals surface area contributed by atoms with Crippen molar-refractivity contribution in [3.05, 3.63) is 23.8 Å². The van der Waals surface area contributed by atoms with Crippen molar-refractivity contribution in [2.75, 3.05) is 6.26 Å². The molecule has 0 aliphatic heterocycles. The van der Waals surface area contributed by atoms with E-state index in [4.69, 9.17) is 10.2 Å². The molecule has 0 saturated heterocycles. The maximum Gasteiger partial charge on any atom is 0.157 e. The second-order valence-corrected chi connectivity index (χ2v) is 5.03. The Hall–Kier alpha value is -1.23. The van der Waals surface area contributed by atoms with Gasteiger partial charge in [0.25, 0.3) is 0 Å². The summed E-state index contributed by atoms with van der Waals surface area (Å²) in [4.78, 5) is 0. The first-order chi connectivity index (χ1) is 5.88. The molecule has 0 fully saturated rings. The Morgan fingerprint density at radius 3 is 2.31 bits per heavy atom. The zero-order valence-electron chi connectivity index (χ0n) is 7.06. The van der Waals surface area contributed by atoms with Gasteiger partial charge in [-0.1, -0.05) is 6.07 Å². The van der Waals surface area contributed by atoms with Crippen LogP contribution in [0.25, 0.3) is 0 Å². The fraction of sp³-hybridized carbons (Fsp3) is 0.250. The van der Waals surface area contributed by atoms with E-state index in [1.54, 1.807) is 0 Å². The van der Waals surface area contributed by atoms with Gasteiger partial charge >= 0.3 is 0 Å². The highest BCUT2D eigenvalue weighted by atomic mass is 32.2. The van der Waals surface area contributed by atoms with Crippen LogP contribution in [-0.4, -0.2) is 24.9 Å². The fourth-order valence-corrected chi connectivity index (χ4v) is 1.75. The van der Waals surface area contributed by atoms with E-state index in [9.17, 15) is 8.42 Å². The lowest BCUT2D eigenvalue weighted by molar-refractivity contribution is 0.403. The number of aromatic hydroxyl groups is 2. The van der Waals surface area contributed by atoms with Gasteiger partial charge in [-0.15, -0.1) is 0 Å². The summed E-state index contributed by atoms with van der Waals surface area (Å²) in [6, 6.07) is 3.95. The molecule has 13 heavy (non-hydrogen) atoms. The van der Waals surface area contributed by atoms with Gasteiger partial charge in [0.15, 0.2) is 21.3 Å². The van der Waals surface area contributed by atoms with E-state index < -0.39 is 9.84 Å². The highest BCUT2D eigenvalue weighted by molar-refractivity contribution is 7.89. The van der Waals surface area contributed by atoms with Gasteiger partial charge in [-0.2, -0.15) is 0 Å². The predicted molar refractivity (Wildman–Crippen MR) is 48.3 cm³/mol. The number of rotatable bonds is 2. The molecule has 1 rings (SSSR count). The highest BCUT2D eigenvalue weighted by Gasteiger charge is 2.06. The molecule has 2 N–H and O–H groups in total. The Morgan fingerprint density at radius 2 is 1.85 bits per heavy atom. The topological polar surface area (TPSA) is 74.6 Å². The molecule has 1 aromatic carbocycles. The van der Waals surface area contributed by atoms with Gasteiger partial charge in [0.05, 0.1) is 5.75 Å². The molecule has 1 aromatic rings. The third kappa shape index (κ3) is 2.95. The molecule has 5 heteroatoms. The van der Waals surface area contributed by atoms with E-state index in [2.05, 4.69) is 0 Å². The molecule has 0 aliphatic rings. The lowest BCUT2D eigenvalue weighted by Gasteiger charge is -2.01. The number of benzene rings is 1. The normalized spacial score (nSPS) is 11.5. The standard InChI is InChI=1S/C8H10O4S/c1-13(11,12)5-6-2-3-7(9)8(10)4-6/h2-4,9-10H,5H2,1H3. The molecule has 0 aromatic heterocycles. The van der Waals surface area contributed by atoms with E-state index in [-0.39, 0.29) is 17.3 Å². The number of phenols is 2. The van der Waals surface area contributed by atoms with Crippen molar-refractivity contribution < 1.29 is 18.6 Å². The molecule has 0 heterocycles. The Morgan fingerprint density at radius 1 is 1.23 bits per heavy atom. The van der Waals surface area contributed by atoms with Crippen molar-refractivity contribution in [1.82, 2.24) is 0 Å². The SMILES string of the molecule is CS(=O)(=O)Cc1ccc(O)c(O)c1. The summed E-state index contributed by atoms with van der Waals surface area (Å²) in [6.07, 6.45) is 1.11. The van der Waals surface area contributed by atoms with E-state index >= 15 is 0 Å². The second kappa shape index (κ2) is 3.26. The van der Waals surface area contributed by atoms with Gasteiger partial charge < -0.3 is 10.2 Å². The number of hydrogen-bond donors (Lipinski definition) is 2. The molecule has 0 aliphatic carbocycles. The fourth-order valence-electron chi connectivity index (χ4n) is 0.962. The Kier molecular flexibility index (Phi) is 2.47. The Bertz CT molecular complexity index is 408. The Labute approximate surface area is 76.4 Å². The third-order valence-electron chi connectivity index (χ3n) is 1.47. The lowest BCUT2D eigenvalue weighted by Crippen LogP contribution is -2.00. The zero-order valence-corrected chi connectivity index (χ0v) is 7.87. The van der Waals surface area contributed by atoms with Crippen molar-refractivity contribution >= 4 is 9.84 Å². The maximum atomic E-state index is 10.9. The van der Waals surface area contributed by atoms with Gasteiger partial charge in [0, 0.05) is 6.26 Å². The molecule has 0 atom stereocenters. The summed E-state index contributed by atoms with van der Waals surface area (Å²) < 4.78 is 21.7. The van der Waals surface area contributed by atoms with Crippen molar-refractivity contribution in [2.45, 2.75) is 5.75 Å². The quantitative estimate of drug-likeness (QED) is 0.690. The van der Waals surface area contributed by atoms with Crippen LogP contribution >= 0.6 is 0 Å². The van der Waals surface area contributed by atoms with Gasteiger partial charge in [-0.3, -0.25) is 0 Å². The van der Waals surface area contributed by atoms with E-state index in [1.165, 1.54) is 18.2 Å². The number of sulfone groups is 1. The summed E-state index contributed by atoms with van der Waals surface area (Å²) in [6.45, 7) is 0. The van der Waals surface area contributed by atoms with Crippen LogP contribution in [0.5, 0.6) is 11.5 Å². The number of phenolic OH excluding ortho intramolecular Hbond substituents is 2. The largest absolute Gasteiger partial charge is 0.504 e. The van der Waals surface area contributed by atoms with Crippen LogP contribution in [0.1, 0.15) is 5.56 Å². The lowest BCUT2D eigenvalue weighted by atomic mass is 10.2. The number of hydrogen-bond acceptors (Lipinski definition) is 4. The van der Waals surface area contributed by atoms with E-state index in [1.807, 2.05) is 0 Å². The molecular formula is C8H10O4S. The summed E-state index contributed by atoms with van der Waals surface area (Å²) in [7, 11) is -3.10. The average molecular weight is 202 g/mol. The average Bonchev–Trinajstić information content (AvgIpc) is 1.94. The third-order valence-corrected chi connectivity index (χ3v) is 2.33. The molecule has 0 spiro atoms. The molecule has 4 nitrogen and oxygen atoms in total. The molecule has 0 radical (unpaired) electrons.